The lowest BCUT2D eigenvalue weighted by molar-refractivity contribution is 0.192. The van der Waals surface area contributed by atoms with Crippen molar-refractivity contribution in [1.29, 1.82) is 0 Å². The molecule has 76 valence electrons. The van der Waals surface area contributed by atoms with Crippen LogP contribution in [0.4, 0.5) is 0 Å². The number of hydrogen-bond donors (Lipinski definition) is 0. The fourth-order valence-electron chi connectivity index (χ4n) is 2.90. The third-order valence-corrected chi connectivity index (χ3v) is 3.94. The number of likely N-dealkylation sites (tertiary alicyclic amines) is 2. The number of hydrogen-bond acceptors (Lipinski definition) is 2. The topological polar surface area (TPSA) is 6.48 Å². The van der Waals surface area contributed by atoms with Crippen molar-refractivity contribution >= 4 is 0 Å². The van der Waals surface area contributed by atoms with Crippen molar-refractivity contribution in [2.24, 2.45) is 0 Å². The maximum absolute atomic E-state index is 2.72. The van der Waals surface area contributed by atoms with Gasteiger partial charge in [0.2, 0.25) is 0 Å². The molecule has 3 atom stereocenters. The summed E-state index contributed by atoms with van der Waals surface area (Å²) in [5, 5.41) is 0. The molecule has 0 aromatic heterocycles. The summed E-state index contributed by atoms with van der Waals surface area (Å²) in [5.74, 6) is 0. The van der Waals surface area contributed by atoms with E-state index < -0.39 is 0 Å². The lowest BCUT2D eigenvalue weighted by Gasteiger charge is -2.27. The van der Waals surface area contributed by atoms with Gasteiger partial charge in [0.25, 0.3) is 0 Å². The van der Waals surface area contributed by atoms with Gasteiger partial charge in [-0.15, -0.1) is 0 Å². The van der Waals surface area contributed by atoms with Crippen molar-refractivity contribution in [2.45, 2.75) is 51.2 Å². The summed E-state index contributed by atoms with van der Waals surface area (Å²) in [7, 11) is 2.26. The highest BCUT2D eigenvalue weighted by Crippen LogP contribution is 2.27. The first-order valence-corrected chi connectivity index (χ1v) is 5.64. The monoisotopic (exact) mass is 182 g/mol. The largest absolute Gasteiger partial charge is 0.302 e. The Labute approximate surface area is 81.9 Å². The Kier molecular flexibility index (Phi) is 2.61. The van der Waals surface area contributed by atoms with E-state index in [0.29, 0.717) is 0 Å². The first-order chi connectivity index (χ1) is 6.18. The smallest absolute Gasteiger partial charge is 0.0240 e. The lowest BCUT2D eigenvalue weighted by atomic mass is 10.1. The summed E-state index contributed by atoms with van der Waals surface area (Å²) in [6.07, 6.45) is 4.20. The average molecular weight is 182 g/mol. The van der Waals surface area contributed by atoms with Crippen molar-refractivity contribution in [3.63, 3.8) is 0 Å². The van der Waals surface area contributed by atoms with Gasteiger partial charge in [-0.3, -0.25) is 4.90 Å². The van der Waals surface area contributed by atoms with Gasteiger partial charge in [-0.1, -0.05) is 0 Å². The molecular formula is C11H22N2. The quantitative estimate of drug-likeness (QED) is 0.607. The molecule has 0 N–H and O–H groups in total. The molecule has 2 nitrogen and oxygen atoms in total. The van der Waals surface area contributed by atoms with Crippen molar-refractivity contribution in [1.82, 2.24) is 9.80 Å². The molecule has 0 aliphatic carbocycles. The van der Waals surface area contributed by atoms with Crippen LogP contribution >= 0.6 is 0 Å². The minimum absolute atomic E-state index is 0.790. The molecule has 3 unspecified atom stereocenters. The molecule has 2 rings (SSSR count). The molecule has 2 saturated heterocycles. The Morgan fingerprint density at radius 2 is 1.92 bits per heavy atom. The van der Waals surface area contributed by atoms with E-state index in [1.165, 1.54) is 32.4 Å². The Balaban J connectivity index is 1.95. The van der Waals surface area contributed by atoms with Crippen LogP contribution in [-0.2, 0) is 0 Å². The average Bonchev–Trinajstić information content (AvgIpc) is 2.60. The molecule has 0 spiro atoms. The Morgan fingerprint density at radius 3 is 2.38 bits per heavy atom. The molecule has 2 aliphatic heterocycles. The zero-order chi connectivity index (χ0) is 9.42. The first-order valence-electron chi connectivity index (χ1n) is 5.64. The highest BCUT2D eigenvalue weighted by atomic mass is 15.3. The van der Waals surface area contributed by atoms with E-state index in [1.54, 1.807) is 0 Å². The number of likely N-dealkylation sites (N-methyl/N-ethyl adjacent to an activating group) is 1. The van der Waals surface area contributed by atoms with Gasteiger partial charge in [0.1, 0.15) is 0 Å². The molecule has 0 aromatic carbocycles. The molecule has 0 saturated carbocycles. The van der Waals surface area contributed by atoms with Gasteiger partial charge in [0, 0.05) is 24.7 Å². The van der Waals surface area contributed by atoms with Crippen molar-refractivity contribution < 1.29 is 0 Å². The fraction of sp³-hybridized carbons (Fsp3) is 1.00. The second-order valence-corrected chi connectivity index (χ2v) is 4.91. The van der Waals surface area contributed by atoms with Crippen LogP contribution in [-0.4, -0.2) is 48.1 Å². The SMILES string of the molecule is CC1CC(N2CCCC2C)CN1C. The van der Waals surface area contributed by atoms with E-state index in [2.05, 4.69) is 30.7 Å². The summed E-state index contributed by atoms with van der Waals surface area (Å²) >= 11 is 0. The Hall–Kier alpha value is -0.0800. The fourth-order valence-corrected chi connectivity index (χ4v) is 2.90. The third-order valence-electron chi connectivity index (χ3n) is 3.94. The van der Waals surface area contributed by atoms with Crippen LogP contribution in [0.15, 0.2) is 0 Å². The predicted octanol–water partition coefficient (Wildman–Crippen LogP) is 1.56. The second kappa shape index (κ2) is 3.58. The summed E-state index contributed by atoms with van der Waals surface area (Å²) in [5.41, 5.74) is 0. The van der Waals surface area contributed by atoms with E-state index in [-0.39, 0.29) is 0 Å². The molecule has 2 fully saturated rings. The summed E-state index contributed by atoms with van der Waals surface area (Å²) in [4.78, 5) is 5.22. The van der Waals surface area contributed by atoms with Crippen LogP contribution in [0.3, 0.4) is 0 Å². The summed E-state index contributed by atoms with van der Waals surface area (Å²) in [6, 6.07) is 2.47. The van der Waals surface area contributed by atoms with E-state index in [9.17, 15) is 0 Å². The normalized spacial score (nSPS) is 43.2. The van der Waals surface area contributed by atoms with E-state index in [0.717, 1.165) is 18.1 Å². The van der Waals surface area contributed by atoms with Crippen LogP contribution in [0.5, 0.6) is 0 Å². The van der Waals surface area contributed by atoms with Crippen LogP contribution in [0, 0.1) is 0 Å². The van der Waals surface area contributed by atoms with Gasteiger partial charge in [-0.2, -0.15) is 0 Å². The van der Waals surface area contributed by atoms with Crippen LogP contribution in [0.2, 0.25) is 0 Å². The standard InChI is InChI=1S/C11H22N2/c1-9-5-4-6-13(9)11-7-10(2)12(3)8-11/h9-11H,4-8H2,1-3H3. The molecular weight excluding hydrogens is 160 g/mol. The minimum atomic E-state index is 0.790. The molecule has 2 aliphatic rings. The Morgan fingerprint density at radius 1 is 1.15 bits per heavy atom. The second-order valence-electron chi connectivity index (χ2n) is 4.91. The van der Waals surface area contributed by atoms with Gasteiger partial charge >= 0.3 is 0 Å². The molecule has 2 heterocycles. The molecule has 0 radical (unpaired) electrons. The van der Waals surface area contributed by atoms with E-state index in [1.807, 2.05) is 0 Å². The maximum atomic E-state index is 2.72. The minimum Gasteiger partial charge on any atom is -0.302 e. The molecule has 0 amide bonds. The van der Waals surface area contributed by atoms with Gasteiger partial charge in [0.05, 0.1) is 0 Å². The van der Waals surface area contributed by atoms with E-state index >= 15 is 0 Å². The molecule has 0 bridgehead atoms. The van der Waals surface area contributed by atoms with Crippen LogP contribution in [0.25, 0.3) is 0 Å². The van der Waals surface area contributed by atoms with Crippen molar-refractivity contribution in [3.8, 4) is 0 Å². The van der Waals surface area contributed by atoms with Crippen molar-refractivity contribution in [2.75, 3.05) is 20.1 Å². The highest BCUT2D eigenvalue weighted by Gasteiger charge is 2.34. The summed E-state index contributed by atoms with van der Waals surface area (Å²) in [6.45, 7) is 7.36. The zero-order valence-electron chi connectivity index (χ0n) is 9.16. The molecule has 13 heavy (non-hydrogen) atoms. The Bertz CT molecular complexity index is 171. The zero-order valence-corrected chi connectivity index (χ0v) is 9.16. The van der Waals surface area contributed by atoms with Crippen LogP contribution in [0.1, 0.15) is 33.1 Å². The van der Waals surface area contributed by atoms with Gasteiger partial charge < -0.3 is 4.90 Å². The third kappa shape index (κ3) is 1.75. The van der Waals surface area contributed by atoms with Gasteiger partial charge in [0.15, 0.2) is 0 Å². The first kappa shape index (κ1) is 9.47. The number of rotatable bonds is 1. The van der Waals surface area contributed by atoms with E-state index in [4.69, 9.17) is 0 Å². The van der Waals surface area contributed by atoms with Crippen LogP contribution < -0.4 is 0 Å². The summed E-state index contributed by atoms with van der Waals surface area (Å²) < 4.78 is 0. The highest BCUT2D eigenvalue weighted by molar-refractivity contribution is 4.91. The maximum Gasteiger partial charge on any atom is 0.0240 e. The predicted molar refractivity (Wildman–Crippen MR) is 55.9 cm³/mol. The number of nitrogens with zero attached hydrogens (tertiary/aromatic N) is 2. The molecule has 2 heteroatoms. The van der Waals surface area contributed by atoms with Gasteiger partial charge in [-0.25, -0.2) is 0 Å². The lowest BCUT2D eigenvalue weighted by Crippen LogP contribution is -2.39. The molecule has 0 aromatic rings. The van der Waals surface area contributed by atoms with Crippen molar-refractivity contribution in [3.05, 3.63) is 0 Å². The van der Waals surface area contributed by atoms with Gasteiger partial charge in [-0.05, 0) is 46.7 Å².